The fraction of sp³-hybridized carbons (Fsp3) is 0.357. The van der Waals surface area contributed by atoms with Gasteiger partial charge in [0.1, 0.15) is 5.82 Å². The van der Waals surface area contributed by atoms with Gasteiger partial charge in [0.25, 0.3) is 0 Å². The number of nitrogens with zero attached hydrogens (tertiary/aromatic N) is 2. The van der Waals surface area contributed by atoms with E-state index in [1.165, 1.54) is 22.6 Å². The first-order chi connectivity index (χ1) is 8.27. The van der Waals surface area contributed by atoms with Crippen molar-refractivity contribution in [1.29, 1.82) is 0 Å². The highest BCUT2D eigenvalue weighted by atomic mass is 15.1. The van der Waals surface area contributed by atoms with Crippen LogP contribution >= 0.6 is 0 Å². The standard InChI is InChI=1S/C14H17N3/c1-10-5-3-4-6-13(10)17-11(2)16-12-9-15-8-7-14(12)17/h3-6,15H,7-9H2,1-2H3. The summed E-state index contributed by atoms with van der Waals surface area (Å²) in [6.07, 6.45) is 1.06. The van der Waals surface area contributed by atoms with E-state index in [4.69, 9.17) is 0 Å². The SMILES string of the molecule is Cc1ccccc1-n1c(C)nc2c1CCNC2. The monoisotopic (exact) mass is 227 g/mol. The van der Waals surface area contributed by atoms with Crippen LogP contribution in [0.25, 0.3) is 5.69 Å². The lowest BCUT2D eigenvalue weighted by Crippen LogP contribution is -2.24. The Hall–Kier alpha value is -1.61. The molecule has 0 spiro atoms. The van der Waals surface area contributed by atoms with Gasteiger partial charge in [-0.3, -0.25) is 0 Å². The Bertz CT molecular complexity index is 555. The van der Waals surface area contributed by atoms with Crippen LogP contribution in [0.5, 0.6) is 0 Å². The summed E-state index contributed by atoms with van der Waals surface area (Å²) in [6.45, 7) is 6.19. The molecule has 0 aliphatic carbocycles. The molecule has 0 radical (unpaired) electrons. The lowest BCUT2D eigenvalue weighted by Gasteiger charge is -2.17. The fourth-order valence-corrected chi connectivity index (χ4v) is 2.58. The molecule has 2 heterocycles. The van der Waals surface area contributed by atoms with E-state index in [-0.39, 0.29) is 0 Å². The summed E-state index contributed by atoms with van der Waals surface area (Å²) in [5, 5.41) is 3.37. The number of fused-ring (bicyclic) bond motifs is 1. The maximum absolute atomic E-state index is 4.67. The molecule has 17 heavy (non-hydrogen) atoms. The first-order valence-corrected chi connectivity index (χ1v) is 6.11. The lowest BCUT2D eigenvalue weighted by molar-refractivity contribution is 0.619. The van der Waals surface area contributed by atoms with Crippen molar-refractivity contribution in [3.63, 3.8) is 0 Å². The molecule has 1 aromatic heterocycles. The third-order valence-electron chi connectivity index (χ3n) is 3.41. The van der Waals surface area contributed by atoms with Crippen LogP contribution in [0.1, 0.15) is 22.8 Å². The Labute approximate surface area is 101 Å². The van der Waals surface area contributed by atoms with Crippen molar-refractivity contribution in [2.75, 3.05) is 6.54 Å². The number of imidazole rings is 1. The second kappa shape index (κ2) is 4.00. The predicted octanol–water partition coefficient (Wildman–Crippen LogP) is 2.13. The molecule has 3 rings (SSSR count). The summed E-state index contributed by atoms with van der Waals surface area (Å²) < 4.78 is 2.31. The Kier molecular flexibility index (Phi) is 2.48. The molecular weight excluding hydrogens is 210 g/mol. The molecular formula is C14H17N3. The summed E-state index contributed by atoms with van der Waals surface area (Å²) in [5.74, 6) is 1.09. The summed E-state index contributed by atoms with van der Waals surface area (Å²) in [6, 6.07) is 8.50. The van der Waals surface area contributed by atoms with Gasteiger partial charge in [-0.05, 0) is 25.5 Å². The number of hydrogen-bond donors (Lipinski definition) is 1. The average molecular weight is 227 g/mol. The third kappa shape index (κ3) is 1.67. The third-order valence-corrected chi connectivity index (χ3v) is 3.41. The Balaban J connectivity index is 2.21. The molecule has 1 aliphatic rings. The zero-order valence-corrected chi connectivity index (χ0v) is 10.3. The van der Waals surface area contributed by atoms with Gasteiger partial charge >= 0.3 is 0 Å². The molecule has 0 unspecified atom stereocenters. The fourth-order valence-electron chi connectivity index (χ4n) is 2.58. The molecule has 3 heteroatoms. The number of rotatable bonds is 1. The molecule has 0 atom stereocenters. The maximum Gasteiger partial charge on any atom is 0.110 e. The van der Waals surface area contributed by atoms with Gasteiger partial charge in [-0.25, -0.2) is 4.98 Å². The van der Waals surface area contributed by atoms with Crippen LogP contribution in [-0.4, -0.2) is 16.1 Å². The van der Waals surface area contributed by atoms with E-state index in [0.717, 1.165) is 25.3 Å². The molecule has 1 aliphatic heterocycles. The quantitative estimate of drug-likeness (QED) is 0.809. The van der Waals surface area contributed by atoms with Gasteiger partial charge in [-0.15, -0.1) is 0 Å². The summed E-state index contributed by atoms with van der Waals surface area (Å²) in [4.78, 5) is 4.67. The normalized spacial score (nSPS) is 14.7. The number of benzene rings is 1. The van der Waals surface area contributed by atoms with Gasteiger partial charge in [0.05, 0.1) is 5.69 Å². The minimum Gasteiger partial charge on any atom is -0.311 e. The second-order valence-corrected chi connectivity index (χ2v) is 4.60. The number of aryl methyl sites for hydroxylation is 2. The van der Waals surface area contributed by atoms with Gasteiger partial charge in [-0.2, -0.15) is 0 Å². The van der Waals surface area contributed by atoms with E-state index in [2.05, 4.69) is 53.0 Å². The van der Waals surface area contributed by atoms with Gasteiger partial charge in [0, 0.05) is 30.9 Å². The molecule has 0 bridgehead atoms. The van der Waals surface area contributed by atoms with Gasteiger partial charge in [-0.1, -0.05) is 18.2 Å². The Morgan fingerprint density at radius 2 is 2.06 bits per heavy atom. The van der Waals surface area contributed by atoms with Crippen molar-refractivity contribution in [3.05, 3.63) is 47.0 Å². The number of hydrogen-bond acceptors (Lipinski definition) is 2. The van der Waals surface area contributed by atoms with Crippen LogP contribution in [0, 0.1) is 13.8 Å². The largest absolute Gasteiger partial charge is 0.311 e. The van der Waals surface area contributed by atoms with Crippen molar-refractivity contribution in [2.45, 2.75) is 26.8 Å². The molecule has 0 amide bonds. The van der Waals surface area contributed by atoms with Crippen LogP contribution in [-0.2, 0) is 13.0 Å². The summed E-state index contributed by atoms with van der Waals surface area (Å²) in [5.41, 5.74) is 5.14. The van der Waals surface area contributed by atoms with Crippen molar-refractivity contribution < 1.29 is 0 Å². The number of nitrogens with one attached hydrogen (secondary N) is 1. The van der Waals surface area contributed by atoms with Crippen molar-refractivity contribution in [2.24, 2.45) is 0 Å². The molecule has 2 aromatic rings. The van der Waals surface area contributed by atoms with Crippen LogP contribution in [0.4, 0.5) is 0 Å². The zero-order valence-electron chi connectivity index (χ0n) is 10.3. The number of aromatic nitrogens is 2. The van der Waals surface area contributed by atoms with Gasteiger partial charge < -0.3 is 9.88 Å². The average Bonchev–Trinajstić information content (AvgIpc) is 2.66. The van der Waals surface area contributed by atoms with Crippen LogP contribution in [0.2, 0.25) is 0 Å². The highest BCUT2D eigenvalue weighted by molar-refractivity contribution is 5.44. The van der Waals surface area contributed by atoms with Crippen molar-refractivity contribution in [1.82, 2.24) is 14.9 Å². The van der Waals surface area contributed by atoms with Crippen LogP contribution in [0.15, 0.2) is 24.3 Å². The lowest BCUT2D eigenvalue weighted by atomic mass is 10.1. The van der Waals surface area contributed by atoms with E-state index in [1.54, 1.807) is 0 Å². The van der Waals surface area contributed by atoms with Crippen molar-refractivity contribution in [3.8, 4) is 5.69 Å². The van der Waals surface area contributed by atoms with Crippen molar-refractivity contribution >= 4 is 0 Å². The zero-order chi connectivity index (χ0) is 11.8. The Morgan fingerprint density at radius 1 is 1.24 bits per heavy atom. The maximum atomic E-state index is 4.67. The highest BCUT2D eigenvalue weighted by Crippen LogP contribution is 2.23. The smallest absolute Gasteiger partial charge is 0.110 e. The molecule has 0 saturated carbocycles. The molecule has 1 aromatic carbocycles. The molecule has 88 valence electrons. The minimum atomic E-state index is 0.898. The van der Waals surface area contributed by atoms with E-state index >= 15 is 0 Å². The summed E-state index contributed by atoms with van der Waals surface area (Å²) >= 11 is 0. The minimum absolute atomic E-state index is 0.898. The highest BCUT2D eigenvalue weighted by Gasteiger charge is 2.19. The number of para-hydroxylation sites is 1. The van der Waals surface area contributed by atoms with Gasteiger partial charge in [0.15, 0.2) is 0 Å². The first kappa shape index (κ1) is 10.5. The molecule has 1 N–H and O–H groups in total. The van der Waals surface area contributed by atoms with E-state index in [0.29, 0.717) is 0 Å². The van der Waals surface area contributed by atoms with E-state index in [9.17, 15) is 0 Å². The predicted molar refractivity (Wildman–Crippen MR) is 68.4 cm³/mol. The topological polar surface area (TPSA) is 29.9 Å². The van der Waals surface area contributed by atoms with Gasteiger partial charge in [0.2, 0.25) is 0 Å². The molecule has 3 nitrogen and oxygen atoms in total. The van der Waals surface area contributed by atoms with E-state index < -0.39 is 0 Å². The summed E-state index contributed by atoms with van der Waals surface area (Å²) in [7, 11) is 0. The van der Waals surface area contributed by atoms with Crippen LogP contribution in [0.3, 0.4) is 0 Å². The molecule has 0 fully saturated rings. The first-order valence-electron chi connectivity index (χ1n) is 6.11. The van der Waals surface area contributed by atoms with Crippen LogP contribution < -0.4 is 5.32 Å². The second-order valence-electron chi connectivity index (χ2n) is 4.60. The molecule has 0 saturated heterocycles. The van der Waals surface area contributed by atoms with E-state index in [1.807, 2.05) is 0 Å². The Morgan fingerprint density at radius 3 is 2.88 bits per heavy atom.